The first-order chi connectivity index (χ1) is 10.1. The van der Waals surface area contributed by atoms with Gasteiger partial charge in [-0.15, -0.1) is 0 Å². The van der Waals surface area contributed by atoms with E-state index in [1.54, 1.807) is 6.07 Å². The summed E-state index contributed by atoms with van der Waals surface area (Å²) in [5.41, 5.74) is 1.06. The molecule has 0 saturated carbocycles. The van der Waals surface area contributed by atoms with Crippen molar-refractivity contribution in [2.24, 2.45) is 5.92 Å². The zero-order valence-electron chi connectivity index (χ0n) is 12.5. The summed E-state index contributed by atoms with van der Waals surface area (Å²) in [6, 6.07) is 5.56. The quantitative estimate of drug-likeness (QED) is 0.627. The van der Waals surface area contributed by atoms with E-state index in [1.165, 1.54) is 0 Å². The molecule has 1 aromatic carbocycles. The van der Waals surface area contributed by atoms with E-state index >= 15 is 0 Å². The van der Waals surface area contributed by atoms with E-state index in [-0.39, 0.29) is 16.7 Å². The molecular weight excluding hydrogens is 334 g/mol. The van der Waals surface area contributed by atoms with Gasteiger partial charge in [-0.1, -0.05) is 22.9 Å². The van der Waals surface area contributed by atoms with Crippen LogP contribution in [-0.2, 0) is 0 Å². The average Bonchev–Trinajstić information content (AvgIpc) is 2.82. The first-order valence-electron chi connectivity index (χ1n) is 7.41. The summed E-state index contributed by atoms with van der Waals surface area (Å²) in [5, 5.41) is 14.6. The predicted molar refractivity (Wildman–Crippen MR) is 87.4 cm³/mol. The highest BCUT2D eigenvalue weighted by Gasteiger charge is 2.37. The van der Waals surface area contributed by atoms with Gasteiger partial charge in [0, 0.05) is 22.1 Å². The number of nitro groups is 1. The van der Waals surface area contributed by atoms with Crippen LogP contribution in [0.1, 0.15) is 31.4 Å². The second-order valence-corrected chi connectivity index (χ2v) is 6.46. The topological polar surface area (TPSA) is 58.4 Å². The lowest BCUT2D eigenvalue weighted by molar-refractivity contribution is -0.386. The smallest absolute Gasteiger partial charge is 0.275 e. The van der Waals surface area contributed by atoms with Gasteiger partial charge in [-0.3, -0.25) is 15.0 Å². The van der Waals surface area contributed by atoms with Crippen LogP contribution in [0.4, 0.5) is 5.69 Å². The summed E-state index contributed by atoms with van der Waals surface area (Å²) in [5.74, 6) is 0.418. The Balaban J connectivity index is 2.41. The van der Waals surface area contributed by atoms with Crippen LogP contribution in [0.2, 0.25) is 0 Å². The van der Waals surface area contributed by atoms with Crippen LogP contribution < -0.4 is 5.32 Å². The molecule has 0 radical (unpaired) electrons. The normalized spacial score (nSPS) is 22.6. The van der Waals surface area contributed by atoms with Crippen molar-refractivity contribution in [1.29, 1.82) is 0 Å². The van der Waals surface area contributed by atoms with Crippen molar-refractivity contribution in [1.82, 2.24) is 10.2 Å². The molecule has 1 aliphatic heterocycles. The lowest BCUT2D eigenvalue weighted by atomic mass is 9.92. The first kappa shape index (κ1) is 16.4. The first-order valence-corrected chi connectivity index (χ1v) is 8.20. The average molecular weight is 356 g/mol. The summed E-state index contributed by atoms with van der Waals surface area (Å²) in [4.78, 5) is 13.5. The minimum atomic E-state index is -0.265. The molecule has 0 amide bonds. The van der Waals surface area contributed by atoms with Crippen molar-refractivity contribution in [3.05, 3.63) is 38.3 Å². The van der Waals surface area contributed by atoms with Gasteiger partial charge in [-0.25, -0.2) is 0 Å². The van der Waals surface area contributed by atoms with E-state index < -0.39 is 0 Å². The third kappa shape index (κ3) is 3.62. The Morgan fingerprint density at radius 3 is 2.90 bits per heavy atom. The molecule has 1 aliphatic rings. The molecule has 0 aliphatic carbocycles. The molecule has 116 valence electrons. The summed E-state index contributed by atoms with van der Waals surface area (Å²) < 4.78 is 0.753. The van der Waals surface area contributed by atoms with Crippen molar-refractivity contribution in [2.75, 3.05) is 26.7 Å². The molecular formula is C15H22BrN3O2. The summed E-state index contributed by atoms with van der Waals surface area (Å²) in [6.45, 7) is 5.03. The lowest BCUT2D eigenvalue weighted by Gasteiger charge is -2.28. The van der Waals surface area contributed by atoms with Crippen LogP contribution in [0.25, 0.3) is 0 Å². The van der Waals surface area contributed by atoms with E-state index in [1.807, 2.05) is 19.2 Å². The number of nitro benzene ring substituents is 1. The van der Waals surface area contributed by atoms with Crippen molar-refractivity contribution in [3.63, 3.8) is 0 Å². The molecule has 5 nitrogen and oxygen atoms in total. The molecule has 1 heterocycles. The van der Waals surface area contributed by atoms with Crippen molar-refractivity contribution >= 4 is 21.6 Å². The molecule has 2 atom stereocenters. The molecule has 0 bridgehead atoms. The van der Waals surface area contributed by atoms with Gasteiger partial charge in [0.05, 0.1) is 4.92 Å². The molecule has 2 rings (SSSR count). The van der Waals surface area contributed by atoms with Gasteiger partial charge >= 0.3 is 0 Å². The highest BCUT2D eigenvalue weighted by atomic mass is 79.9. The van der Waals surface area contributed by atoms with Gasteiger partial charge in [-0.2, -0.15) is 0 Å². The van der Waals surface area contributed by atoms with Crippen LogP contribution in [-0.4, -0.2) is 36.5 Å². The van der Waals surface area contributed by atoms with Crippen LogP contribution >= 0.6 is 15.9 Å². The van der Waals surface area contributed by atoms with Gasteiger partial charge in [0.15, 0.2) is 0 Å². The van der Waals surface area contributed by atoms with Crippen LogP contribution in [0, 0.1) is 16.0 Å². The molecule has 2 unspecified atom stereocenters. The predicted octanol–water partition coefficient (Wildman–Crippen LogP) is 3.35. The van der Waals surface area contributed by atoms with Gasteiger partial charge < -0.3 is 5.32 Å². The minimum Gasteiger partial charge on any atom is -0.319 e. The van der Waals surface area contributed by atoms with E-state index in [4.69, 9.17) is 0 Å². The second-order valence-electron chi connectivity index (χ2n) is 5.55. The Kier molecular flexibility index (Phi) is 5.72. The minimum absolute atomic E-state index is 0.130. The van der Waals surface area contributed by atoms with Gasteiger partial charge in [0.2, 0.25) is 0 Å². The summed E-state index contributed by atoms with van der Waals surface area (Å²) in [6.07, 6.45) is 2.14. The van der Waals surface area contributed by atoms with Gasteiger partial charge in [0.1, 0.15) is 0 Å². The highest BCUT2D eigenvalue weighted by Crippen LogP contribution is 2.41. The second kappa shape index (κ2) is 7.33. The third-order valence-corrected chi connectivity index (χ3v) is 4.61. The SMILES string of the molecule is CCCN1CCC(CNC)C1c1ccc(Br)cc1[N+](=O)[O-]. The maximum Gasteiger partial charge on any atom is 0.275 e. The van der Waals surface area contributed by atoms with E-state index in [2.05, 4.69) is 33.1 Å². The molecule has 6 heteroatoms. The third-order valence-electron chi connectivity index (χ3n) is 4.11. The monoisotopic (exact) mass is 355 g/mol. The lowest BCUT2D eigenvalue weighted by Crippen LogP contribution is -2.30. The van der Waals surface area contributed by atoms with Crippen molar-refractivity contribution in [3.8, 4) is 0 Å². The molecule has 1 N–H and O–H groups in total. The Hall–Kier alpha value is -0.980. The number of hydrogen-bond donors (Lipinski definition) is 1. The Labute approximate surface area is 134 Å². The maximum atomic E-state index is 11.4. The Morgan fingerprint density at radius 1 is 1.52 bits per heavy atom. The largest absolute Gasteiger partial charge is 0.319 e. The number of nitrogens with one attached hydrogen (secondary N) is 1. The van der Waals surface area contributed by atoms with Crippen LogP contribution in [0.3, 0.4) is 0 Å². The zero-order valence-corrected chi connectivity index (χ0v) is 14.1. The van der Waals surface area contributed by atoms with E-state index in [0.29, 0.717) is 5.92 Å². The molecule has 21 heavy (non-hydrogen) atoms. The number of likely N-dealkylation sites (tertiary alicyclic amines) is 1. The number of halogens is 1. The Morgan fingerprint density at radius 2 is 2.29 bits per heavy atom. The fraction of sp³-hybridized carbons (Fsp3) is 0.600. The zero-order chi connectivity index (χ0) is 15.4. The van der Waals surface area contributed by atoms with Crippen LogP contribution in [0.5, 0.6) is 0 Å². The summed E-state index contributed by atoms with van der Waals surface area (Å²) in [7, 11) is 1.94. The van der Waals surface area contributed by atoms with Crippen molar-refractivity contribution < 1.29 is 4.92 Å². The maximum absolute atomic E-state index is 11.4. The Bertz CT molecular complexity index is 496. The van der Waals surface area contributed by atoms with E-state index in [0.717, 1.165) is 42.5 Å². The summed E-state index contributed by atoms with van der Waals surface area (Å²) >= 11 is 3.33. The van der Waals surface area contributed by atoms with Gasteiger partial charge in [0.25, 0.3) is 5.69 Å². The fourth-order valence-electron chi connectivity index (χ4n) is 3.32. The molecule has 0 aromatic heterocycles. The molecule has 0 spiro atoms. The number of hydrogen-bond acceptors (Lipinski definition) is 4. The van der Waals surface area contributed by atoms with Crippen LogP contribution in [0.15, 0.2) is 22.7 Å². The molecule has 1 aromatic rings. The highest BCUT2D eigenvalue weighted by molar-refractivity contribution is 9.10. The van der Waals surface area contributed by atoms with E-state index in [9.17, 15) is 10.1 Å². The van der Waals surface area contributed by atoms with Crippen molar-refractivity contribution in [2.45, 2.75) is 25.8 Å². The number of nitrogens with zero attached hydrogens (tertiary/aromatic N) is 2. The number of benzene rings is 1. The standard InChI is InChI=1S/C15H22BrN3O2/c1-3-7-18-8-6-11(10-17-2)15(18)13-5-4-12(16)9-14(13)19(20)21/h4-5,9,11,15,17H,3,6-8,10H2,1-2H3. The molecule has 1 fully saturated rings. The fourth-order valence-corrected chi connectivity index (χ4v) is 3.67. The molecule has 1 saturated heterocycles. The van der Waals surface area contributed by atoms with Gasteiger partial charge in [-0.05, 0) is 57.6 Å². The number of rotatable bonds is 6.